The second-order valence-corrected chi connectivity index (χ2v) is 39.9. The van der Waals surface area contributed by atoms with E-state index in [0.717, 1.165) is 0 Å². The predicted molar refractivity (Wildman–Crippen MR) is 100.0 cm³/mol. The summed E-state index contributed by atoms with van der Waals surface area (Å²) in [4.78, 5) is 12.3. The first-order chi connectivity index (χ1) is 8.68. The topological polar surface area (TPSA) is 0 Å². The summed E-state index contributed by atoms with van der Waals surface area (Å²) >= 11 is -2.74. The van der Waals surface area contributed by atoms with E-state index in [-0.39, 0.29) is 0 Å². The monoisotopic (exact) mass is 486 g/mol. The van der Waals surface area contributed by atoms with Crippen molar-refractivity contribution in [3.63, 3.8) is 0 Å². The van der Waals surface area contributed by atoms with Crippen molar-refractivity contribution in [2.24, 2.45) is 0 Å². The molecule has 0 rings (SSSR count). The first-order valence-electron chi connectivity index (χ1n) is 8.68. The zero-order chi connectivity index (χ0) is 15.4. The van der Waals surface area contributed by atoms with Crippen molar-refractivity contribution in [1.82, 2.24) is 0 Å². The van der Waals surface area contributed by atoms with Crippen molar-refractivity contribution in [3.05, 3.63) is 0 Å². The molecule has 2 heteroatoms. The van der Waals surface area contributed by atoms with E-state index in [0.29, 0.717) is 0 Å². The predicted octanol–water partition coefficient (Wildman–Crippen LogP) is 7.42. The van der Waals surface area contributed by atoms with Gasteiger partial charge in [0, 0.05) is 0 Å². The van der Waals surface area contributed by atoms with Crippen molar-refractivity contribution >= 4 is 36.8 Å². The third kappa shape index (κ3) is 22.0. The fourth-order valence-corrected chi connectivity index (χ4v) is 14.7. The summed E-state index contributed by atoms with van der Waals surface area (Å²) in [6, 6.07) is 0. The number of rotatable bonds is 9. The van der Waals surface area contributed by atoms with Gasteiger partial charge in [0.1, 0.15) is 0 Å². The van der Waals surface area contributed by atoms with Crippen LogP contribution in [0, 0.1) is 0 Å². The first-order valence-corrected chi connectivity index (χ1v) is 29.0. The molecule has 19 heavy (non-hydrogen) atoms. The fraction of sp³-hybridized carbons (Fsp3) is 1.00. The Morgan fingerprint density at radius 1 is 0.526 bits per heavy atom. The van der Waals surface area contributed by atoms with Gasteiger partial charge in [0.2, 0.25) is 0 Å². The Balaban J connectivity index is 0. The fourth-order valence-electron chi connectivity index (χ4n) is 2.19. The van der Waals surface area contributed by atoms with Crippen LogP contribution in [0.15, 0.2) is 0 Å². The van der Waals surface area contributed by atoms with Gasteiger partial charge in [-0.1, -0.05) is 0 Å². The van der Waals surface area contributed by atoms with E-state index in [2.05, 4.69) is 45.5 Å². The van der Waals surface area contributed by atoms with Crippen LogP contribution in [0.4, 0.5) is 0 Å². The van der Waals surface area contributed by atoms with Crippen LogP contribution in [0.5, 0.6) is 0 Å². The van der Waals surface area contributed by atoms with E-state index in [1.807, 2.05) is 0 Å². The molecule has 0 amide bonds. The molecule has 0 aliphatic carbocycles. The second-order valence-electron chi connectivity index (χ2n) is 8.12. The van der Waals surface area contributed by atoms with Gasteiger partial charge in [-0.15, -0.1) is 0 Å². The standard InChI is InChI=1S/3C4H9.5CH3.2Sn/c3*1-3-4-2;;;;;;;/h3*1,3-4H2,2H3;5*1H3;;. The van der Waals surface area contributed by atoms with Gasteiger partial charge < -0.3 is 0 Å². The molecule has 0 heterocycles. The maximum absolute atomic E-state index is 2.72. The molecule has 0 nitrogen and oxygen atoms in total. The maximum atomic E-state index is 2.72. The first kappa shape index (κ1) is 22.9. The van der Waals surface area contributed by atoms with E-state index in [1.54, 1.807) is 13.3 Å². The Labute approximate surface area is 133 Å². The number of hydrogen-bond acceptors (Lipinski definition) is 0. The van der Waals surface area contributed by atoms with E-state index in [1.165, 1.54) is 38.5 Å². The molecule has 0 saturated heterocycles. The van der Waals surface area contributed by atoms with Crippen LogP contribution in [-0.4, -0.2) is 36.8 Å². The Bertz CT molecular complexity index is 154. The van der Waals surface area contributed by atoms with Crippen LogP contribution < -0.4 is 0 Å². The molecule has 0 fully saturated rings. The number of unbranched alkanes of at least 4 members (excludes halogenated alkanes) is 3. The van der Waals surface area contributed by atoms with Gasteiger partial charge >= 0.3 is 134 Å². The third-order valence-electron chi connectivity index (χ3n) is 3.40. The molecule has 0 bridgehead atoms. The minimum absolute atomic E-state index is 1.18. The van der Waals surface area contributed by atoms with Gasteiger partial charge in [0.15, 0.2) is 0 Å². The van der Waals surface area contributed by atoms with Crippen molar-refractivity contribution in [3.8, 4) is 0 Å². The average Bonchev–Trinajstić information content (AvgIpc) is 2.30. The molecular weight excluding hydrogens is 442 g/mol. The molecular formula is C17H42Sn2. The molecule has 0 aromatic rings. The van der Waals surface area contributed by atoms with Crippen LogP contribution >= 0.6 is 0 Å². The SMILES string of the molecule is CCC[CH2][Sn]([CH3])([CH2]CCC)[CH2]CCC.[CH3][Sn]([CH3])([CH3])[CH3]. The molecule has 0 unspecified atom stereocenters. The van der Waals surface area contributed by atoms with E-state index < -0.39 is 36.8 Å². The summed E-state index contributed by atoms with van der Waals surface area (Å²) in [7, 11) is 0. The van der Waals surface area contributed by atoms with E-state index in [4.69, 9.17) is 0 Å². The molecule has 0 N–H and O–H groups in total. The number of hydrogen-bond donors (Lipinski definition) is 0. The van der Waals surface area contributed by atoms with Crippen molar-refractivity contribution < 1.29 is 0 Å². The Morgan fingerprint density at radius 3 is 0.895 bits per heavy atom. The molecule has 0 aromatic heterocycles. The van der Waals surface area contributed by atoms with Gasteiger partial charge in [-0.25, -0.2) is 0 Å². The Hall–Kier alpha value is 1.60. The molecule has 0 atom stereocenters. The van der Waals surface area contributed by atoms with Crippen molar-refractivity contribution in [1.29, 1.82) is 0 Å². The normalized spacial score (nSPS) is 12.0. The van der Waals surface area contributed by atoms with Gasteiger partial charge in [-0.05, 0) is 0 Å². The zero-order valence-electron chi connectivity index (χ0n) is 15.4. The van der Waals surface area contributed by atoms with Crippen LogP contribution in [0.1, 0.15) is 59.3 Å². The Kier molecular flexibility index (Phi) is 16.0. The molecule has 0 aliphatic heterocycles. The molecule has 0 spiro atoms. The second kappa shape index (κ2) is 13.3. The van der Waals surface area contributed by atoms with Crippen molar-refractivity contribution in [2.75, 3.05) is 0 Å². The van der Waals surface area contributed by atoms with Gasteiger partial charge in [0.05, 0.1) is 0 Å². The quantitative estimate of drug-likeness (QED) is 0.299. The van der Waals surface area contributed by atoms with Crippen LogP contribution in [0.2, 0.25) is 38.0 Å². The minimum atomic E-state index is -1.56. The van der Waals surface area contributed by atoms with E-state index >= 15 is 0 Å². The third-order valence-corrected chi connectivity index (χ3v) is 16.8. The van der Waals surface area contributed by atoms with Crippen LogP contribution in [0.25, 0.3) is 0 Å². The van der Waals surface area contributed by atoms with Gasteiger partial charge in [-0.2, -0.15) is 0 Å². The molecule has 0 aromatic carbocycles. The van der Waals surface area contributed by atoms with E-state index in [9.17, 15) is 0 Å². The summed E-state index contributed by atoms with van der Waals surface area (Å²) < 4.78 is 4.97. The van der Waals surface area contributed by atoms with Crippen LogP contribution in [0.3, 0.4) is 0 Å². The summed E-state index contributed by atoms with van der Waals surface area (Å²) in [6.45, 7) is 7.02. The zero-order valence-corrected chi connectivity index (χ0v) is 21.1. The molecule has 0 saturated carbocycles. The summed E-state index contributed by atoms with van der Waals surface area (Å²) in [5, 5.41) is 0. The molecule has 0 aliphatic rings. The molecule has 118 valence electrons. The van der Waals surface area contributed by atoms with Crippen LogP contribution in [-0.2, 0) is 0 Å². The van der Waals surface area contributed by atoms with Gasteiger partial charge in [-0.3, -0.25) is 0 Å². The Morgan fingerprint density at radius 2 is 0.737 bits per heavy atom. The summed E-state index contributed by atoms with van der Waals surface area (Å²) in [6.07, 6.45) is 8.76. The average molecular weight is 484 g/mol. The summed E-state index contributed by atoms with van der Waals surface area (Å²) in [5.74, 6) is 0. The molecule has 0 radical (unpaired) electrons. The van der Waals surface area contributed by atoms with Gasteiger partial charge in [0.25, 0.3) is 0 Å². The summed E-state index contributed by atoms with van der Waals surface area (Å²) in [5.41, 5.74) is 0. The van der Waals surface area contributed by atoms with Crippen molar-refractivity contribution in [2.45, 2.75) is 97.3 Å².